The van der Waals surface area contributed by atoms with E-state index in [0.717, 1.165) is 18.8 Å². The van der Waals surface area contributed by atoms with Gasteiger partial charge in [0.2, 0.25) is 5.95 Å². The molecule has 4 heterocycles. The van der Waals surface area contributed by atoms with E-state index >= 15 is 0 Å². The molecule has 1 aliphatic carbocycles. The molecule has 0 atom stereocenters. The highest BCUT2D eigenvalue weighted by Gasteiger charge is 2.46. The van der Waals surface area contributed by atoms with Crippen molar-refractivity contribution < 1.29 is 4.39 Å². The zero-order chi connectivity index (χ0) is 25.1. The normalized spacial score (nSPS) is 16.3. The molecular weight excluding hydrogens is 459 g/mol. The number of hydrogen-bond donors (Lipinski definition) is 2. The van der Waals surface area contributed by atoms with Gasteiger partial charge in [-0.05, 0) is 43.0 Å². The van der Waals surface area contributed by atoms with Crippen LogP contribution in [0.4, 0.5) is 16.0 Å². The average Bonchev–Trinajstić information content (AvgIpc) is 3.60. The maximum Gasteiger partial charge on any atom is 0.278 e. The summed E-state index contributed by atoms with van der Waals surface area (Å²) in [7, 11) is 0. The van der Waals surface area contributed by atoms with Crippen LogP contribution in [0.3, 0.4) is 0 Å². The fourth-order valence-corrected chi connectivity index (χ4v) is 5.05. The van der Waals surface area contributed by atoms with E-state index in [1.54, 1.807) is 41.7 Å². The summed E-state index contributed by atoms with van der Waals surface area (Å²) in [4.78, 5) is 31.1. The van der Waals surface area contributed by atoms with E-state index in [1.165, 1.54) is 24.0 Å². The minimum Gasteiger partial charge on any atom is -0.324 e. The van der Waals surface area contributed by atoms with Gasteiger partial charge in [-0.2, -0.15) is 4.98 Å². The Morgan fingerprint density at radius 3 is 2.78 bits per heavy atom. The Balaban J connectivity index is 1.42. The van der Waals surface area contributed by atoms with E-state index in [2.05, 4.69) is 43.8 Å². The van der Waals surface area contributed by atoms with E-state index in [9.17, 15) is 9.18 Å². The van der Waals surface area contributed by atoms with Gasteiger partial charge in [-0.15, -0.1) is 0 Å². The molecule has 0 saturated heterocycles. The quantitative estimate of drug-likeness (QED) is 0.428. The minimum atomic E-state index is -0.849. The predicted octanol–water partition coefficient (Wildman–Crippen LogP) is 3.52. The molecular formula is C26H29FN8O. The van der Waals surface area contributed by atoms with Crippen LogP contribution in [0.1, 0.15) is 50.6 Å². The van der Waals surface area contributed by atoms with Crippen molar-refractivity contribution in [2.45, 2.75) is 57.5 Å². The van der Waals surface area contributed by atoms with E-state index in [-0.39, 0.29) is 5.56 Å². The molecule has 1 spiro atoms. The predicted molar refractivity (Wildman–Crippen MR) is 136 cm³/mol. The number of benzene rings is 1. The average molecular weight is 489 g/mol. The summed E-state index contributed by atoms with van der Waals surface area (Å²) in [6.45, 7) is 7.07. The number of alkyl halides is 1. The van der Waals surface area contributed by atoms with Gasteiger partial charge in [0.15, 0.2) is 11.5 Å². The Morgan fingerprint density at radius 2 is 2.03 bits per heavy atom. The third-order valence-electron chi connectivity index (χ3n) is 7.34. The molecule has 186 valence electrons. The lowest BCUT2D eigenvalue weighted by atomic mass is 9.88. The van der Waals surface area contributed by atoms with Crippen LogP contribution in [0.25, 0.3) is 16.9 Å². The van der Waals surface area contributed by atoms with Gasteiger partial charge in [-0.3, -0.25) is 9.18 Å². The fourth-order valence-electron chi connectivity index (χ4n) is 5.05. The summed E-state index contributed by atoms with van der Waals surface area (Å²) in [6, 6.07) is 8.12. The second-order valence-electron chi connectivity index (χ2n) is 10.4. The molecule has 6 rings (SSSR count). The van der Waals surface area contributed by atoms with Crippen molar-refractivity contribution in [3.8, 4) is 5.82 Å². The second-order valence-corrected chi connectivity index (χ2v) is 10.4. The van der Waals surface area contributed by atoms with Crippen molar-refractivity contribution in [2.24, 2.45) is 0 Å². The second kappa shape index (κ2) is 8.19. The third kappa shape index (κ3) is 3.59. The Bertz CT molecular complexity index is 1530. The maximum atomic E-state index is 13.6. The van der Waals surface area contributed by atoms with Crippen LogP contribution in [0.15, 0.2) is 41.5 Å². The number of nitrogens with zero attached hydrogens (tertiary/aromatic N) is 6. The first-order chi connectivity index (χ1) is 17.3. The van der Waals surface area contributed by atoms with Crippen molar-refractivity contribution in [1.82, 2.24) is 34.6 Å². The summed E-state index contributed by atoms with van der Waals surface area (Å²) in [5, 5.41) is 7.23. The number of hydrogen-bond acceptors (Lipinski definition) is 7. The van der Waals surface area contributed by atoms with Crippen LogP contribution < -0.4 is 16.2 Å². The van der Waals surface area contributed by atoms with Crippen molar-refractivity contribution in [2.75, 3.05) is 18.5 Å². The van der Waals surface area contributed by atoms with E-state index in [4.69, 9.17) is 4.98 Å². The molecule has 1 fully saturated rings. The monoisotopic (exact) mass is 488 g/mol. The summed E-state index contributed by atoms with van der Waals surface area (Å²) in [5.41, 5.74) is 3.31. The zero-order valence-electron chi connectivity index (χ0n) is 20.7. The van der Waals surface area contributed by atoms with E-state index < -0.39 is 12.1 Å². The van der Waals surface area contributed by atoms with Crippen molar-refractivity contribution in [3.63, 3.8) is 0 Å². The van der Waals surface area contributed by atoms with Gasteiger partial charge in [-0.1, -0.05) is 19.9 Å². The molecule has 0 radical (unpaired) electrons. The smallest absolute Gasteiger partial charge is 0.278 e. The van der Waals surface area contributed by atoms with Gasteiger partial charge in [0.1, 0.15) is 17.9 Å². The number of nitrogens with one attached hydrogen (secondary N) is 2. The molecule has 0 unspecified atom stereocenters. The molecule has 4 aromatic rings. The highest BCUT2D eigenvalue weighted by Crippen LogP contribution is 2.50. The molecule has 10 heteroatoms. The number of aromatic nitrogens is 6. The molecule has 1 aromatic carbocycles. The Morgan fingerprint density at radius 1 is 1.19 bits per heavy atom. The summed E-state index contributed by atoms with van der Waals surface area (Å²) in [5.74, 6) is 1.20. The van der Waals surface area contributed by atoms with Crippen LogP contribution in [0.2, 0.25) is 0 Å². The topological polar surface area (TPSA) is 103 Å². The van der Waals surface area contributed by atoms with Gasteiger partial charge in [-0.25, -0.2) is 24.3 Å². The third-order valence-corrected chi connectivity index (χ3v) is 7.34. The van der Waals surface area contributed by atoms with E-state index in [0.29, 0.717) is 40.6 Å². The Labute approximate surface area is 207 Å². The number of rotatable bonds is 6. The lowest BCUT2D eigenvalue weighted by Gasteiger charge is -2.26. The first kappa shape index (κ1) is 22.8. The van der Waals surface area contributed by atoms with Crippen molar-refractivity contribution >= 4 is 22.7 Å². The molecule has 2 aliphatic rings. The Hall–Kier alpha value is -3.66. The molecule has 9 nitrogen and oxygen atoms in total. The van der Waals surface area contributed by atoms with Crippen molar-refractivity contribution in [1.29, 1.82) is 0 Å². The SMILES string of the molecule is CCn1c(=O)c2cnc(Nc3ccc4c(c3)CNCC43CC3)nc2n1-c1ccnc(C(C)(C)CF)n1. The zero-order valence-corrected chi connectivity index (χ0v) is 20.7. The molecule has 3 aromatic heterocycles. The summed E-state index contributed by atoms with van der Waals surface area (Å²) < 4.78 is 16.8. The highest BCUT2D eigenvalue weighted by atomic mass is 19.1. The minimum absolute atomic E-state index is 0.210. The van der Waals surface area contributed by atoms with Crippen LogP contribution in [0, 0.1) is 0 Å². The first-order valence-corrected chi connectivity index (χ1v) is 12.3. The fraction of sp³-hybridized carbons (Fsp3) is 0.423. The maximum absolute atomic E-state index is 13.6. The van der Waals surface area contributed by atoms with Gasteiger partial charge in [0, 0.05) is 49.2 Å². The lowest BCUT2D eigenvalue weighted by Crippen LogP contribution is -2.33. The van der Waals surface area contributed by atoms with Crippen LogP contribution in [0.5, 0.6) is 0 Å². The Kier molecular flexibility index (Phi) is 5.18. The number of fused-ring (bicyclic) bond motifs is 3. The molecule has 2 N–H and O–H groups in total. The molecule has 36 heavy (non-hydrogen) atoms. The first-order valence-electron chi connectivity index (χ1n) is 12.3. The molecule has 0 amide bonds. The van der Waals surface area contributed by atoms with Crippen LogP contribution in [-0.2, 0) is 23.9 Å². The van der Waals surface area contributed by atoms with Crippen LogP contribution >= 0.6 is 0 Å². The van der Waals surface area contributed by atoms with E-state index in [1.807, 2.05) is 6.92 Å². The molecule has 0 bridgehead atoms. The molecule has 1 aliphatic heterocycles. The molecule has 1 saturated carbocycles. The van der Waals surface area contributed by atoms with Gasteiger partial charge >= 0.3 is 0 Å². The van der Waals surface area contributed by atoms with Gasteiger partial charge < -0.3 is 10.6 Å². The van der Waals surface area contributed by atoms with Crippen molar-refractivity contribution in [3.05, 3.63) is 64.0 Å². The number of anilines is 2. The standard InChI is InChI=1S/C26H29FN8O/c1-4-34-22(36)18-13-30-24(31-17-5-6-19-16(11-17)12-28-15-26(19)8-9-26)33-21(18)35(34)20-7-10-29-23(32-20)25(2,3)14-27/h5-7,10-11,13,28H,4,8-9,12,14-15H2,1-3H3,(H,30,31,33). The summed E-state index contributed by atoms with van der Waals surface area (Å²) in [6.07, 6.45) is 5.60. The lowest BCUT2D eigenvalue weighted by molar-refractivity contribution is 0.336. The van der Waals surface area contributed by atoms with Gasteiger partial charge in [0.25, 0.3) is 5.56 Å². The highest BCUT2D eigenvalue weighted by molar-refractivity contribution is 5.77. The largest absolute Gasteiger partial charge is 0.324 e. The van der Waals surface area contributed by atoms with Gasteiger partial charge in [0.05, 0.1) is 5.41 Å². The number of halogens is 1. The van der Waals surface area contributed by atoms with Crippen LogP contribution in [-0.4, -0.2) is 42.5 Å². The summed E-state index contributed by atoms with van der Waals surface area (Å²) >= 11 is 0.